The molecule has 4 rings (SSSR count). The Morgan fingerprint density at radius 2 is 1.52 bits per heavy atom. The van der Waals surface area contributed by atoms with Crippen LogP contribution in [0.15, 0.2) is 48.8 Å². The van der Waals surface area contributed by atoms with Gasteiger partial charge in [0, 0.05) is 17.4 Å². The second-order valence-electron chi connectivity index (χ2n) is 5.31. The highest BCUT2D eigenvalue weighted by molar-refractivity contribution is 5.80. The Morgan fingerprint density at radius 1 is 0.880 bits per heavy atom. The minimum atomic E-state index is -0.314. The van der Waals surface area contributed by atoms with Crippen LogP contribution in [-0.4, -0.2) is 16.8 Å². The van der Waals surface area contributed by atoms with E-state index in [-0.39, 0.29) is 12.6 Å². The van der Waals surface area contributed by atoms with E-state index < -0.39 is 0 Å². The highest BCUT2D eigenvalue weighted by Crippen LogP contribution is 2.36. The van der Waals surface area contributed by atoms with Crippen molar-refractivity contribution in [3.05, 3.63) is 54.6 Å². The lowest BCUT2D eigenvalue weighted by molar-refractivity contribution is 0.174. The van der Waals surface area contributed by atoms with Gasteiger partial charge in [0.1, 0.15) is 17.8 Å². The van der Waals surface area contributed by atoms with Gasteiger partial charge in [-0.2, -0.15) is 0 Å². The summed E-state index contributed by atoms with van der Waals surface area (Å²) < 4.78 is 23.6. The molecule has 1 aliphatic heterocycles. The molecular formula is C17H14FN5O2. The van der Waals surface area contributed by atoms with E-state index in [1.54, 1.807) is 24.3 Å². The van der Waals surface area contributed by atoms with Crippen molar-refractivity contribution < 1.29 is 13.9 Å². The number of ether oxygens (including phenoxy) is 2. The quantitative estimate of drug-likeness (QED) is 0.670. The zero-order valence-electron chi connectivity index (χ0n) is 13.0. The molecule has 0 fully saturated rings. The van der Waals surface area contributed by atoms with Gasteiger partial charge >= 0.3 is 0 Å². The van der Waals surface area contributed by atoms with E-state index in [1.165, 1.54) is 18.5 Å². The van der Waals surface area contributed by atoms with Crippen LogP contribution in [0.4, 0.5) is 33.1 Å². The third kappa shape index (κ3) is 3.09. The minimum Gasteiger partial charge on any atom is -0.454 e. The monoisotopic (exact) mass is 339 g/mol. The van der Waals surface area contributed by atoms with Crippen LogP contribution >= 0.6 is 0 Å². The number of fused-ring (bicyclic) bond motifs is 1. The van der Waals surface area contributed by atoms with Gasteiger partial charge in [-0.15, -0.1) is 0 Å². The number of nitrogens with two attached hydrogens (primary N) is 1. The van der Waals surface area contributed by atoms with Gasteiger partial charge in [0.25, 0.3) is 0 Å². The first-order valence-electron chi connectivity index (χ1n) is 7.49. The maximum Gasteiger partial charge on any atom is 0.231 e. The molecule has 0 spiro atoms. The van der Waals surface area contributed by atoms with Crippen molar-refractivity contribution in [1.82, 2.24) is 9.97 Å². The zero-order chi connectivity index (χ0) is 17.2. The summed E-state index contributed by atoms with van der Waals surface area (Å²) in [6.07, 6.45) is 1.39. The van der Waals surface area contributed by atoms with Crippen LogP contribution in [0.5, 0.6) is 11.5 Å². The van der Waals surface area contributed by atoms with Crippen LogP contribution in [0.3, 0.4) is 0 Å². The third-order valence-corrected chi connectivity index (χ3v) is 3.63. The van der Waals surface area contributed by atoms with Gasteiger partial charge in [-0.25, -0.2) is 14.4 Å². The number of nitrogens with one attached hydrogen (secondary N) is 2. The molecule has 0 radical (unpaired) electrons. The van der Waals surface area contributed by atoms with Crippen molar-refractivity contribution in [2.24, 2.45) is 0 Å². The molecule has 126 valence electrons. The lowest BCUT2D eigenvalue weighted by atomic mass is 10.2. The summed E-state index contributed by atoms with van der Waals surface area (Å²) in [7, 11) is 0. The Labute approximate surface area is 142 Å². The summed E-state index contributed by atoms with van der Waals surface area (Å²) in [5.41, 5.74) is 7.90. The average Bonchev–Trinajstić information content (AvgIpc) is 3.08. The number of nitrogens with zero attached hydrogens (tertiary/aromatic N) is 2. The van der Waals surface area contributed by atoms with Gasteiger partial charge in [0.2, 0.25) is 6.79 Å². The maximum atomic E-state index is 13.0. The zero-order valence-corrected chi connectivity index (χ0v) is 13.0. The van der Waals surface area contributed by atoms with Crippen LogP contribution in [0.2, 0.25) is 0 Å². The molecule has 8 heteroatoms. The van der Waals surface area contributed by atoms with E-state index in [0.29, 0.717) is 34.5 Å². The minimum absolute atomic E-state index is 0.209. The largest absolute Gasteiger partial charge is 0.454 e. The summed E-state index contributed by atoms with van der Waals surface area (Å²) in [6, 6.07) is 11.3. The number of halogens is 1. The predicted octanol–water partition coefficient (Wildman–Crippen LogP) is 3.41. The second kappa shape index (κ2) is 6.16. The molecule has 3 aromatic rings. The molecule has 0 saturated heterocycles. The normalized spacial score (nSPS) is 12.0. The fourth-order valence-corrected chi connectivity index (χ4v) is 2.38. The van der Waals surface area contributed by atoms with Crippen molar-refractivity contribution in [2.75, 3.05) is 23.2 Å². The van der Waals surface area contributed by atoms with Gasteiger partial charge in [-0.05, 0) is 36.4 Å². The first-order valence-corrected chi connectivity index (χ1v) is 7.49. The molecule has 1 aliphatic rings. The molecule has 0 unspecified atom stereocenters. The van der Waals surface area contributed by atoms with Crippen LogP contribution in [-0.2, 0) is 0 Å². The van der Waals surface area contributed by atoms with E-state index in [2.05, 4.69) is 20.6 Å². The summed E-state index contributed by atoms with van der Waals surface area (Å²) in [4.78, 5) is 8.29. The van der Waals surface area contributed by atoms with E-state index >= 15 is 0 Å². The number of rotatable bonds is 4. The molecule has 7 nitrogen and oxygen atoms in total. The van der Waals surface area contributed by atoms with Gasteiger partial charge in [-0.1, -0.05) is 0 Å². The third-order valence-electron chi connectivity index (χ3n) is 3.63. The number of hydrogen-bond donors (Lipinski definition) is 3. The Bertz CT molecular complexity index is 917. The number of hydrogen-bond acceptors (Lipinski definition) is 7. The number of anilines is 5. The molecule has 0 saturated carbocycles. The van der Waals surface area contributed by atoms with Crippen molar-refractivity contribution >= 4 is 28.7 Å². The lowest BCUT2D eigenvalue weighted by Crippen LogP contribution is -2.05. The Kier molecular flexibility index (Phi) is 3.70. The van der Waals surface area contributed by atoms with E-state index in [0.717, 1.165) is 5.69 Å². The predicted molar refractivity (Wildman–Crippen MR) is 92.0 cm³/mol. The molecule has 25 heavy (non-hydrogen) atoms. The van der Waals surface area contributed by atoms with Crippen LogP contribution in [0.25, 0.3) is 0 Å². The van der Waals surface area contributed by atoms with Crippen molar-refractivity contribution in [3.8, 4) is 11.5 Å². The summed E-state index contributed by atoms with van der Waals surface area (Å²) >= 11 is 0. The summed E-state index contributed by atoms with van der Waals surface area (Å²) in [5.74, 6) is 1.90. The highest BCUT2D eigenvalue weighted by atomic mass is 19.1. The standard InChI is InChI=1S/C17H14FN5O2/c18-10-1-3-11(4-2-10)22-16-15(19)17(21-8-20-16)23-12-5-6-13-14(7-12)25-9-24-13/h1-8H,9,19H2,(H2,20,21,22,23). The average molecular weight is 339 g/mol. The second-order valence-corrected chi connectivity index (χ2v) is 5.31. The number of aromatic nitrogens is 2. The number of nitrogen functional groups attached to an aromatic ring is 1. The van der Waals surface area contributed by atoms with Crippen LogP contribution < -0.4 is 25.8 Å². The first kappa shape index (κ1) is 15.0. The highest BCUT2D eigenvalue weighted by Gasteiger charge is 2.14. The smallest absolute Gasteiger partial charge is 0.231 e. The Morgan fingerprint density at radius 3 is 2.28 bits per heavy atom. The molecule has 0 aliphatic carbocycles. The van der Waals surface area contributed by atoms with Crippen molar-refractivity contribution in [1.29, 1.82) is 0 Å². The van der Waals surface area contributed by atoms with E-state index in [1.807, 2.05) is 6.07 Å². The van der Waals surface area contributed by atoms with Gasteiger partial charge in [-0.3, -0.25) is 0 Å². The molecule has 2 aromatic carbocycles. The molecule has 0 amide bonds. The summed E-state index contributed by atoms with van der Waals surface area (Å²) in [6.45, 7) is 0.209. The fraction of sp³-hybridized carbons (Fsp3) is 0.0588. The van der Waals surface area contributed by atoms with Crippen LogP contribution in [0, 0.1) is 5.82 Å². The molecule has 2 heterocycles. The number of benzene rings is 2. The molecule has 0 atom stereocenters. The van der Waals surface area contributed by atoms with Crippen molar-refractivity contribution in [2.45, 2.75) is 0 Å². The van der Waals surface area contributed by atoms with E-state index in [4.69, 9.17) is 15.2 Å². The summed E-state index contributed by atoms with van der Waals surface area (Å²) in [5, 5.41) is 6.17. The molecule has 1 aromatic heterocycles. The molecule has 0 bridgehead atoms. The molecular weight excluding hydrogens is 325 g/mol. The van der Waals surface area contributed by atoms with Crippen LogP contribution in [0.1, 0.15) is 0 Å². The van der Waals surface area contributed by atoms with Crippen molar-refractivity contribution in [3.63, 3.8) is 0 Å². The van der Waals surface area contributed by atoms with E-state index in [9.17, 15) is 4.39 Å². The fourth-order valence-electron chi connectivity index (χ4n) is 2.38. The van der Waals surface area contributed by atoms with Gasteiger partial charge < -0.3 is 25.8 Å². The topological polar surface area (TPSA) is 94.3 Å². The lowest BCUT2D eigenvalue weighted by Gasteiger charge is -2.13. The molecule has 4 N–H and O–H groups in total. The SMILES string of the molecule is Nc1c(Nc2ccc(F)cc2)ncnc1Nc1ccc2c(c1)OCO2. The maximum absolute atomic E-state index is 13.0. The van der Waals surface area contributed by atoms with Gasteiger partial charge in [0.05, 0.1) is 0 Å². The Balaban J connectivity index is 1.57. The first-order chi connectivity index (χ1) is 12.2. The Hall–Kier alpha value is -3.55. The van der Waals surface area contributed by atoms with Gasteiger partial charge in [0.15, 0.2) is 23.1 Å².